The quantitative estimate of drug-likeness (QED) is 0.668. The SMILES string of the molecule is COCc1noc(CN2CCN(CC=C(C)C)C3CS(=O)(=O)CC32)n1. The molecule has 2 atom stereocenters. The Bertz CT molecular complexity index is 726. The Balaban J connectivity index is 1.72. The van der Waals surface area contributed by atoms with Gasteiger partial charge in [0.15, 0.2) is 15.7 Å². The van der Waals surface area contributed by atoms with Gasteiger partial charge < -0.3 is 9.26 Å². The van der Waals surface area contributed by atoms with Gasteiger partial charge in [0.1, 0.15) is 6.61 Å². The van der Waals surface area contributed by atoms with Crippen LogP contribution in [0.15, 0.2) is 16.2 Å². The minimum atomic E-state index is -3.02. The molecule has 2 aliphatic heterocycles. The van der Waals surface area contributed by atoms with Crippen LogP contribution in [0.25, 0.3) is 0 Å². The van der Waals surface area contributed by atoms with Crippen molar-refractivity contribution in [1.29, 1.82) is 0 Å². The molecule has 0 N–H and O–H groups in total. The number of methoxy groups -OCH3 is 1. The third-order valence-corrected chi connectivity index (χ3v) is 6.46. The van der Waals surface area contributed by atoms with Gasteiger partial charge in [-0.2, -0.15) is 4.98 Å². The van der Waals surface area contributed by atoms with Crippen LogP contribution < -0.4 is 0 Å². The fourth-order valence-electron chi connectivity index (χ4n) is 3.54. The van der Waals surface area contributed by atoms with E-state index in [1.54, 1.807) is 7.11 Å². The summed E-state index contributed by atoms with van der Waals surface area (Å²) in [5, 5.41) is 3.88. The van der Waals surface area contributed by atoms with Crippen molar-refractivity contribution in [3.63, 3.8) is 0 Å². The van der Waals surface area contributed by atoms with Gasteiger partial charge in [-0.15, -0.1) is 0 Å². The summed E-state index contributed by atoms with van der Waals surface area (Å²) in [6.45, 7) is 7.32. The minimum Gasteiger partial charge on any atom is -0.377 e. The molecule has 0 amide bonds. The number of rotatable bonds is 6. The molecule has 2 fully saturated rings. The standard InChI is InChI=1S/C16H26N4O4S/c1-12(2)4-5-19-6-7-20(14-11-25(21,22)10-13(14)19)8-16-17-15(9-23-3)18-24-16/h4,13-14H,5-11H2,1-3H3. The summed E-state index contributed by atoms with van der Waals surface area (Å²) in [6.07, 6.45) is 2.16. The lowest BCUT2D eigenvalue weighted by Crippen LogP contribution is -2.58. The van der Waals surface area contributed by atoms with E-state index in [-0.39, 0.29) is 23.6 Å². The average Bonchev–Trinajstić information content (AvgIpc) is 3.10. The molecule has 0 aromatic carbocycles. The Labute approximate surface area is 148 Å². The number of ether oxygens (including phenoxy) is 1. The number of nitrogens with zero attached hydrogens (tertiary/aromatic N) is 4. The van der Waals surface area contributed by atoms with E-state index in [1.807, 2.05) is 0 Å². The highest BCUT2D eigenvalue weighted by Gasteiger charge is 2.46. The van der Waals surface area contributed by atoms with Crippen LogP contribution >= 0.6 is 0 Å². The van der Waals surface area contributed by atoms with Crippen molar-refractivity contribution >= 4 is 9.84 Å². The zero-order chi connectivity index (χ0) is 18.0. The first-order valence-electron chi connectivity index (χ1n) is 8.50. The van der Waals surface area contributed by atoms with E-state index in [9.17, 15) is 8.42 Å². The van der Waals surface area contributed by atoms with Gasteiger partial charge >= 0.3 is 0 Å². The molecule has 2 unspecified atom stereocenters. The van der Waals surface area contributed by atoms with Crippen LogP contribution in [0.4, 0.5) is 0 Å². The minimum absolute atomic E-state index is 0.0238. The van der Waals surface area contributed by atoms with Crippen molar-refractivity contribution in [2.75, 3.05) is 38.2 Å². The lowest BCUT2D eigenvalue weighted by atomic mass is 10.0. The van der Waals surface area contributed by atoms with E-state index in [0.717, 1.165) is 19.6 Å². The van der Waals surface area contributed by atoms with E-state index in [2.05, 4.69) is 39.9 Å². The second-order valence-electron chi connectivity index (χ2n) is 7.00. The number of fused-ring (bicyclic) bond motifs is 1. The molecule has 8 nitrogen and oxygen atoms in total. The topological polar surface area (TPSA) is 88.8 Å². The Morgan fingerprint density at radius 2 is 1.96 bits per heavy atom. The van der Waals surface area contributed by atoms with Gasteiger partial charge in [0.25, 0.3) is 0 Å². The number of piperazine rings is 1. The summed E-state index contributed by atoms with van der Waals surface area (Å²) < 4.78 is 34.7. The monoisotopic (exact) mass is 370 g/mol. The molecule has 9 heteroatoms. The highest BCUT2D eigenvalue weighted by atomic mass is 32.2. The first kappa shape index (κ1) is 18.5. The molecule has 0 radical (unpaired) electrons. The molecule has 0 aliphatic carbocycles. The summed E-state index contributed by atoms with van der Waals surface area (Å²) in [7, 11) is -1.44. The molecule has 3 rings (SSSR count). The number of hydrogen-bond donors (Lipinski definition) is 0. The van der Waals surface area contributed by atoms with Gasteiger partial charge in [0.05, 0.1) is 18.1 Å². The van der Waals surface area contributed by atoms with Crippen LogP contribution in [0.3, 0.4) is 0 Å². The second kappa shape index (κ2) is 7.53. The Hall–Kier alpha value is -1.29. The van der Waals surface area contributed by atoms with Crippen LogP contribution in [-0.2, 0) is 27.7 Å². The lowest BCUT2D eigenvalue weighted by Gasteiger charge is -2.43. The summed E-state index contributed by atoms with van der Waals surface area (Å²) in [5.74, 6) is 1.44. The van der Waals surface area contributed by atoms with Gasteiger partial charge in [0.2, 0.25) is 5.89 Å². The molecule has 0 spiro atoms. The van der Waals surface area contributed by atoms with Gasteiger partial charge in [-0.25, -0.2) is 8.42 Å². The van der Waals surface area contributed by atoms with E-state index in [1.165, 1.54) is 5.57 Å². The van der Waals surface area contributed by atoms with Gasteiger partial charge in [-0.3, -0.25) is 9.80 Å². The van der Waals surface area contributed by atoms with Gasteiger partial charge in [-0.1, -0.05) is 16.8 Å². The fraction of sp³-hybridized carbons (Fsp3) is 0.750. The molecule has 1 aromatic heterocycles. The molecule has 2 saturated heterocycles. The third kappa shape index (κ3) is 4.46. The lowest BCUT2D eigenvalue weighted by molar-refractivity contribution is 0.0411. The molecule has 0 bridgehead atoms. The molecular weight excluding hydrogens is 344 g/mol. The molecule has 140 valence electrons. The highest BCUT2D eigenvalue weighted by molar-refractivity contribution is 7.91. The van der Waals surface area contributed by atoms with Crippen molar-refractivity contribution in [2.24, 2.45) is 0 Å². The van der Waals surface area contributed by atoms with Crippen molar-refractivity contribution < 1.29 is 17.7 Å². The predicted octanol–water partition coefficient (Wildman–Crippen LogP) is 0.465. The molecule has 2 aliphatic rings. The summed E-state index contributed by atoms with van der Waals surface area (Å²) in [5.41, 5.74) is 1.25. The van der Waals surface area contributed by atoms with E-state index in [4.69, 9.17) is 9.26 Å². The van der Waals surface area contributed by atoms with E-state index in [0.29, 0.717) is 24.9 Å². The summed E-state index contributed by atoms with van der Waals surface area (Å²) in [6, 6.07) is -0.00203. The Morgan fingerprint density at radius 1 is 1.28 bits per heavy atom. The van der Waals surface area contributed by atoms with Gasteiger partial charge in [0, 0.05) is 38.8 Å². The van der Waals surface area contributed by atoms with Crippen LogP contribution in [0.1, 0.15) is 25.6 Å². The van der Waals surface area contributed by atoms with Crippen molar-refractivity contribution in [1.82, 2.24) is 19.9 Å². The maximum atomic E-state index is 12.2. The maximum Gasteiger partial charge on any atom is 0.240 e. The largest absolute Gasteiger partial charge is 0.377 e. The van der Waals surface area contributed by atoms with Crippen LogP contribution in [0.5, 0.6) is 0 Å². The number of allylic oxidation sites excluding steroid dienone is 1. The van der Waals surface area contributed by atoms with Crippen molar-refractivity contribution in [2.45, 2.75) is 39.1 Å². The van der Waals surface area contributed by atoms with Crippen molar-refractivity contribution in [3.05, 3.63) is 23.4 Å². The van der Waals surface area contributed by atoms with Crippen LogP contribution in [-0.4, -0.2) is 78.7 Å². The zero-order valence-corrected chi connectivity index (χ0v) is 15.8. The highest BCUT2D eigenvalue weighted by Crippen LogP contribution is 2.28. The predicted molar refractivity (Wildman–Crippen MR) is 92.7 cm³/mol. The van der Waals surface area contributed by atoms with E-state index >= 15 is 0 Å². The normalized spacial score (nSPS) is 26.5. The first-order valence-corrected chi connectivity index (χ1v) is 10.3. The Kier molecular flexibility index (Phi) is 5.57. The molecule has 1 aromatic rings. The molecule has 3 heterocycles. The average molecular weight is 370 g/mol. The smallest absolute Gasteiger partial charge is 0.240 e. The third-order valence-electron chi connectivity index (χ3n) is 4.76. The fourth-order valence-corrected chi connectivity index (χ4v) is 5.58. The van der Waals surface area contributed by atoms with Crippen LogP contribution in [0, 0.1) is 0 Å². The summed E-state index contributed by atoms with van der Waals surface area (Å²) in [4.78, 5) is 8.75. The van der Waals surface area contributed by atoms with E-state index < -0.39 is 9.84 Å². The zero-order valence-electron chi connectivity index (χ0n) is 15.0. The number of sulfone groups is 1. The second-order valence-corrected chi connectivity index (χ2v) is 9.15. The van der Waals surface area contributed by atoms with Gasteiger partial charge in [-0.05, 0) is 13.8 Å². The molecular formula is C16H26N4O4S. The van der Waals surface area contributed by atoms with Crippen molar-refractivity contribution in [3.8, 4) is 0 Å². The summed E-state index contributed by atoms with van der Waals surface area (Å²) >= 11 is 0. The van der Waals surface area contributed by atoms with Crippen LogP contribution in [0.2, 0.25) is 0 Å². The number of hydrogen-bond acceptors (Lipinski definition) is 8. The molecule has 0 saturated carbocycles. The maximum absolute atomic E-state index is 12.2. The number of aromatic nitrogens is 2. The first-order chi connectivity index (χ1) is 11.9. The molecule has 25 heavy (non-hydrogen) atoms. The Morgan fingerprint density at radius 3 is 2.64 bits per heavy atom.